The molecule has 0 spiro atoms. The molecule has 1 fully saturated rings. The first-order valence-corrected chi connectivity index (χ1v) is 7.22. The van der Waals surface area contributed by atoms with Gasteiger partial charge in [0.1, 0.15) is 5.75 Å². The number of hydrogen-bond acceptors (Lipinski definition) is 3. The fourth-order valence-electron chi connectivity index (χ4n) is 2.80. The molecule has 4 nitrogen and oxygen atoms in total. The molecule has 2 atom stereocenters. The summed E-state index contributed by atoms with van der Waals surface area (Å²) in [5.41, 5.74) is 1.01. The van der Waals surface area contributed by atoms with Gasteiger partial charge in [-0.05, 0) is 31.0 Å². The third-order valence-electron chi connectivity index (χ3n) is 3.69. The normalized spacial score (nSPS) is 22.5. The zero-order valence-corrected chi connectivity index (χ0v) is 12.0. The van der Waals surface area contributed by atoms with Crippen LogP contribution in [0.25, 0.3) is 0 Å². The molecular weight excluding hydrogens is 254 g/mol. The third kappa shape index (κ3) is 3.18. The molecule has 20 heavy (non-hydrogen) atoms. The van der Waals surface area contributed by atoms with Gasteiger partial charge in [-0.25, -0.2) is 0 Å². The third-order valence-corrected chi connectivity index (χ3v) is 3.69. The molecule has 1 aromatic carbocycles. The first kappa shape index (κ1) is 14.6. The van der Waals surface area contributed by atoms with Crippen molar-refractivity contribution in [2.45, 2.75) is 39.0 Å². The Morgan fingerprint density at radius 3 is 2.80 bits per heavy atom. The summed E-state index contributed by atoms with van der Waals surface area (Å²) in [6.45, 7) is 4.59. The van der Waals surface area contributed by atoms with Gasteiger partial charge in [0.25, 0.3) is 0 Å². The second kappa shape index (κ2) is 6.55. The molecule has 2 amide bonds. The van der Waals surface area contributed by atoms with Crippen LogP contribution in [0.2, 0.25) is 0 Å². The van der Waals surface area contributed by atoms with E-state index in [9.17, 15) is 9.59 Å². The molecule has 2 unspecified atom stereocenters. The first-order valence-electron chi connectivity index (χ1n) is 7.22. The molecule has 1 heterocycles. The maximum absolute atomic E-state index is 12.0. The number of hydrogen-bond donors (Lipinski definition) is 1. The lowest BCUT2D eigenvalue weighted by molar-refractivity contribution is -0.137. The fraction of sp³-hybridized carbons (Fsp3) is 0.500. The number of rotatable bonds is 5. The predicted octanol–water partition coefficient (Wildman–Crippen LogP) is 2.63. The largest absolute Gasteiger partial charge is 0.494 e. The van der Waals surface area contributed by atoms with Crippen molar-refractivity contribution < 1.29 is 14.3 Å². The Balaban J connectivity index is 2.28. The molecule has 1 N–H and O–H groups in total. The van der Waals surface area contributed by atoms with Gasteiger partial charge in [0.2, 0.25) is 11.8 Å². The average Bonchev–Trinajstić information content (AvgIpc) is 2.42. The van der Waals surface area contributed by atoms with Crippen molar-refractivity contribution in [2.24, 2.45) is 5.92 Å². The molecule has 0 radical (unpaired) electrons. The van der Waals surface area contributed by atoms with Gasteiger partial charge in [-0.15, -0.1) is 0 Å². The summed E-state index contributed by atoms with van der Waals surface area (Å²) in [5, 5.41) is 2.44. The quantitative estimate of drug-likeness (QED) is 0.840. The minimum atomic E-state index is -0.186. The summed E-state index contributed by atoms with van der Waals surface area (Å²) in [4.78, 5) is 23.7. The number of piperidine rings is 1. The van der Waals surface area contributed by atoms with Crippen molar-refractivity contribution in [3.8, 4) is 5.75 Å². The smallest absolute Gasteiger partial charge is 0.230 e. The van der Waals surface area contributed by atoms with E-state index < -0.39 is 0 Å². The summed E-state index contributed by atoms with van der Waals surface area (Å²) in [7, 11) is 0. The summed E-state index contributed by atoms with van der Waals surface area (Å²) in [6.07, 6.45) is 2.09. The molecule has 1 aliphatic heterocycles. The Morgan fingerprint density at radius 1 is 1.30 bits per heavy atom. The molecule has 2 rings (SSSR count). The van der Waals surface area contributed by atoms with Gasteiger partial charge in [0.05, 0.1) is 6.61 Å². The van der Waals surface area contributed by atoms with Crippen LogP contribution in [0.5, 0.6) is 5.75 Å². The monoisotopic (exact) mass is 275 g/mol. The van der Waals surface area contributed by atoms with Gasteiger partial charge in [-0.2, -0.15) is 0 Å². The number of carbonyl (C=O) groups is 2. The second-order valence-electron chi connectivity index (χ2n) is 5.12. The van der Waals surface area contributed by atoms with E-state index in [1.807, 2.05) is 31.2 Å². The number of carbonyl (C=O) groups excluding carboxylic acids is 2. The zero-order chi connectivity index (χ0) is 14.5. The Hall–Kier alpha value is -1.84. The molecule has 1 aromatic rings. The Labute approximate surface area is 119 Å². The van der Waals surface area contributed by atoms with Gasteiger partial charge in [0.15, 0.2) is 0 Å². The number of amides is 2. The van der Waals surface area contributed by atoms with Crippen LogP contribution in [-0.2, 0) is 9.59 Å². The number of imide groups is 1. The van der Waals surface area contributed by atoms with E-state index in [4.69, 9.17) is 4.74 Å². The van der Waals surface area contributed by atoms with Crippen LogP contribution in [0.4, 0.5) is 0 Å². The standard InChI is InChI=1S/C16H21NO3/c1-3-6-13-14(10-15(18)17-16(13)19)11-7-5-8-12(9-11)20-4-2/h5,7-9,13-14H,3-4,6,10H2,1-2H3,(H,17,18,19). The topological polar surface area (TPSA) is 55.4 Å². The first-order chi connectivity index (χ1) is 9.65. The van der Waals surface area contributed by atoms with Crippen LogP contribution in [0, 0.1) is 5.92 Å². The van der Waals surface area contributed by atoms with E-state index in [1.165, 1.54) is 0 Å². The Kier molecular flexibility index (Phi) is 4.77. The highest BCUT2D eigenvalue weighted by molar-refractivity contribution is 5.99. The molecule has 0 bridgehead atoms. The van der Waals surface area contributed by atoms with E-state index in [-0.39, 0.29) is 23.7 Å². The molecule has 0 aromatic heterocycles. The fourth-order valence-corrected chi connectivity index (χ4v) is 2.80. The summed E-state index contributed by atoms with van der Waals surface area (Å²) in [6, 6.07) is 7.73. The number of benzene rings is 1. The van der Waals surface area contributed by atoms with Crippen LogP contribution < -0.4 is 10.1 Å². The van der Waals surface area contributed by atoms with Crippen LogP contribution in [0.3, 0.4) is 0 Å². The summed E-state index contributed by atoms with van der Waals surface area (Å²) >= 11 is 0. The SMILES string of the molecule is CCCC1C(=O)NC(=O)CC1c1cccc(OCC)c1. The lowest BCUT2D eigenvalue weighted by atomic mass is 9.78. The Bertz CT molecular complexity index is 498. The number of nitrogens with one attached hydrogen (secondary N) is 1. The van der Waals surface area contributed by atoms with Crippen LogP contribution >= 0.6 is 0 Å². The maximum Gasteiger partial charge on any atom is 0.230 e. The summed E-state index contributed by atoms with van der Waals surface area (Å²) in [5.74, 6) is 0.286. The van der Waals surface area contributed by atoms with Gasteiger partial charge in [-0.3, -0.25) is 14.9 Å². The average molecular weight is 275 g/mol. The van der Waals surface area contributed by atoms with Crippen LogP contribution in [0.15, 0.2) is 24.3 Å². The van der Waals surface area contributed by atoms with E-state index in [0.717, 1.165) is 24.2 Å². The van der Waals surface area contributed by atoms with Crippen molar-refractivity contribution in [1.29, 1.82) is 0 Å². The maximum atomic E-state index is 12.0. The molecule has 1 aliphatic rings. The molecule has 4 heteroatoms. The number of ether oxygens (including phenoxy) is 1. The van der Waals surface area contributed by atoms with Crippen molar-refractivity contribution in [2.75, 3.05) is 6.61 Å². The highest BCUT2D eigenvalue weighted by atomic mass is 16.5. The highest BCUT2D eigenvalue weighted by Crippen LogP contribution is 2.35. The zero-order valence-electron chi connectivity index (χ0n) is 12.0. The van der Waals surface area contributed by atoms with E-state index >= 15 is 0 Å². The van der Waals surface area contributed by atoms with Crippen molar-refractivity contribution >= 4 is 11.8 Å². The van der Waals surface area contributed by atoms with E-state index in [0.29, 0.717) is 13.0 Å². The molecule has 0 aliphatic carbocycles. The lowest BCUT2D eigenvalue weighted by Gasteiger charge is -2.30. The minimum Gasteiger partial charge on any atom is -0.494 e. The van der Waals surface area contributed by atoms with Crippen LogP contribution in [0.1, 0.15) is 44.6 Å². The van der Waals surface area contributed by atoms with Crippen molar-refractivity contribution in [3.63, 3.8) is 0 Å². The molecule has 1 saturated heterocycles. The van der Waals surface area contributed by atoms with Crippen LogP contribution in [-0.4, -0.2) is 18.4 Å². The minimum absolute atomic E-state index is 0.0448. The molecule has 0 saturated carbocycles. The molecular formula is C16H21NO3. The van der Waals surface area contributed by atoms with Crippen molar-refractivity contribution in [3.05, 3.63) is 29.8 Å². The summed E-state index contributed by atoms with van der Waals surface area (Å²) < 4.78 is 5.50. The lowest BCUT2D eigenvalue weighted by Crippen LogP contribution is -2.44. The van der Waals surface area contributed by atoms with Gasteiger partial charge >= 0.3 is 0 Å². The molecule has 108 valence electrons. The van der Waals surface area contributed by atoms with Gasteiger partial charge in [0, 0.05) is 18.3 Å². The van der Waals surface area contributed by atoms with Crippen molar-refractivity contribution in [1.82, 2.24) is 5.32 Å². The highest BCUT2D eigenvalue weighted by Gasteiger charge is 2.36. The van der Waals surface area contributed by atoms with Gasteiger partial charge < -0.3 is 4.74 Å². The van der Waals surface area contributed by atoms with Gasteiger partial charge in [-0.1, -0.05) is 25.5 Å². The Morgan fingerprint density at radius 2 is 2.10 bits per heavy atom. The van der Waals surface area contributed by atoms with E-state index in [2.05, 4.69) is 12.2 Å². The second-order valence-corrected chi connectivity index (χ2v) is 5.12. The predicted molar refractivity (Wildman–Crippen MR) is 76.5 cm³/mol. The van der Waals surface area contributed by atoms with E-state index in [1.54, 1.807) is 0 Å².